The Kier molecular flexibility index (Phi) is 3.65. The molecule has 1 aliphatic heterocycles. The third-order valence-electron chi connectivity index (χ3n) is 3.05. The zero-order valence-corrected chi connectivity index (χ0v) is 12.6. The van der Waals surface area contributed by atoms with Gasteiger partial charge < -0.3 is 4.74 Å². The second-order valence-corrected chi connectivity index (χ2v) is 6.54. The maximum atomic E-state index is 12.5. The van der Waals surface area contributed by atoms with Crippen LogP contribution in [0, 0.1) is 0 Å². The number of rotatable bonds is 3. The first-order valence-corrected chi connectivity index (χ1v) is 8.16. The summed E-state index contributed by atoms with van der Waals surface area (Å²) in [6.07, 6.45) is 0. The van der Waals surface area contributed by atoms with Crippen LogP contribution in [-0.4, -0.2) is 21.6 Å². The SMILES string of the molecule is O=S(=O)(Nc1cccc(Cl)c1)N1CCOc2ccccc21. The number of hydrogen-bond donors (Lipinski definition) is 1. The van der Waals surface area contributed by atoms with Gasteiger partial charge in [0.25, 0.3) is 0 Å². The number of hydrogen-bond acceptors (Lipinski definition) is 3. The molecule has 3 rings (SSSR count). The molecule has 2 aromatic rings. The van der Waals surface area contributed by atoms with Crippen LogP contribution in [0.5, 0.6) is 5.75 Å². The molecule has 5 nitrogen and oxygen atoms in total. The van der Waals surface area contributed by atoms with Crippen molar-refractivity contribution in [3.05, 3.63) is 53.6 Å². The number of nitrogens with zero attached hydrogens (tertiary/aromatic N) is 1. The highest BCUT2D eigenvalue weighted by Gasteiger charge is 2.28. The molecule has 0 aromatic heterocycles. The lowest BCUT2D eigenvalue weighted by molar-refractivity contribution is 0.316. The minimum Gasteiger partial charge on any atom is -0.489 e. The van der Waals surface area contributed by atoms with Gasteiger partial charge in [-0.3, -0.25) is 4.72 Å². The molecular formula is C14H13ClN2O3S. The average molecular weight is 325 g/mol. The molecule has 0 saturated heterocycles. The Bertz CT molecular complexity index is 764. The first-order valence-electron chi connectivity index (χ1n) is 6.34. The van der Waals surface area contributed by atoms with Crippen molar-refractivity contribution in [1.82, 2.24) is 0 Å². The number of nitrogens with one attached hydrogen (secondary N) is 1. The van der Waals surface area contributed by atoms with E-state index in [1.807, 2.05) is 0 Å². The van der Waals surface area contributed by atoms with Crippen LogP contribution in [0.4, 0.5) is 11.4 Å². The van der Waals surface area contributed by atoms with E-state index in [1.54, 1.807) is 48.5 Å². The van der Waals surface area contributed by atoms with Gasteiger partial charge in [-0.05, 0) is 30.3 Å². The van der Waals surface area contributed by atoms with E-state index >= 15 is 0 Å². The van der Waals surface area contributed by atoms with Crippen LogP contribution in [0.15, 0.2) is 48.5 Å². The zero-order valence-electron chi connectivity index (χ0n) is 11.0. The Morgan fingerprint density at radius 1 is 1.14 bits per heavy atom. The molecule has 0 saturated carbocycles. The first kappa shape index (κ1) is 14.0. The molecule has 1 heterocycles. The minimum absolute atomic E-state index is 0.257. The highest BCUT2D eigenvalue weighted by Crippen LogP contribution is 2.33. The molecule has 0 unspecified atom stereocenters. The number of anilines is 2. The molecule has 7 heteroatoms. The molecule has 2 aromatic carbocycles. The first-order chi connectivity index (χ1) is 10.1. The Labute approximate surface area is 128 Å². The average Bonchev–Trinajstić information content (AvgIpc) is 2.46. The lowest BCUT2D eigenvalue weighted by atomic mass is 10.2. The Morgan fingerprint density at radius 3 is 2.76 bits per heavy atom. The van der Waals surface area contributed by atoms with Crippen LogP contribution < -0.4 is 13.8 Å². The molecule has 0 radical (unpaired) electrons. The summed E-state index contributed by atoms with van der Waals surface area (Å²) in [4.78, 5) is 0. The van der Waals surface area contributed by atoms with Gasteiger partial charge in [0, 0.05) is 5.02 Å². The summed E-state index contributed by atoms with van der Waals surface area (Å²) in [6, 6.07) is 13.6. The van der Waals surface area contributed by atoms with Gasteiger partial charge in [-0.2, -0.15) is 8.42 Å². The van der Waals surface area contributed by atoms with E-state index in [0.29, 0.717) is 28.8 Å². The van der Waals surface area contributed by atoms with Crippen LogP contribution >= 0.6 is 11.6 Å². The second kappa shape index (κ2) is 5.46. The fourth-order valence-corrected chi connectivity index (χ4v) is 3.60. The monoisotopic (exact) mass is 324 g/mol. The molecule has 0 aliphatic carbocycles. The van der Waals surface area contributed by atoms with Crippen molar-refractivity contribution >= 4 is 33.2 Å². The molecule has 0 atom stereocenters. The third-order valence-corrected chi connectivity index (χ3v) is 4.74. The van der Waals surface area contributed by atoms with Crippen LogP contribution in [0.25, 0.3) is 0 Å². The van der Waals surface area contributed by atoms with E-state index in [4.69, 9.17) is 16.3 Å². The van der Waals surface area contributed by atoms with E-state index in [0.717, 1.165) is 0 Å². The summed E-state index contributed by atoms with van der Waals surface area (Å²) in [5.74, 6) is 0.556. The Balaban J connectivity index is 1.93. The fourth-order valence-electron chi connectivity index (χ4n) is 2.15. The summed E-state index contributed by atoms with van der Waals surface area (Å²) in [7, 11) is -3.72. The minimum atomic E-state index is -3.72. The maximum absolute atomic E-state index is 12.5. The normalized spacial score (nSPS) is 14.2. The number of halogens is 1. The summed E-state index contributed by atoms with van der Waals surface area (Å²) < 4.78 is 34.4. The van der Waals surface area contributed by atoms with Crippen molar-refractivity contribution in [3.63, 3.8) is 0 Å². The summed E-state index contributed by atoms with van der Waals surface area (Å²) >= 11 is 5.87. The summed E-state index contributed by atoms with van der Waals surface area (Å²) in [6.45, 7) is 0.570. The smallest absolute Gasteiger partial charge is 0.324 e. The number of fused-ring (bicyclic) bond motifs is 1. The van der Waals surface area contributed by atoms with E-state index < -0.39 is 10.2 Å². The summed E-state index contributed by atoms with van der Waals surface area (Å²) in [5, 5.41) is 0.470. The maximum Gasteiger partial charge on any atom is 0.324 e. The van der Waals surface area contributed by atoms with Gasteiger partial charge in [0.2, 0.25) is 0 Å². The van der Waals surface area contributed by atoms with Gasteiger partial charge in [0.15, 0.2) is 0 Å². The van der Waals surface area contributed by atoms with Crippen LogP contribution in [0.1, 0.15) is 0 Å². The molecular weight excluding hydrogens is 312 g/mol. The second-order valence-electron chi connectivity index (χ2n) is 4.51. The van der Waals surface area contributed by atoms with Crippen molar-refractivity contribution in [1.29, 1.82) is 0 Å². The molecule has 0 spiro atoms. The van der Waals surface area contributed by atoms with Crippen molar-refractivity contribution in [2.45, 2.75) is 0 Å². The lowest BCUT2D eigenvalue weighted by Crippen LogP contribution is -2.41. The van der Waals surface area contributed by atoms with Crippen LogP contribution in [0.2, 0.25) is 5.02 Å². The van der Waals surface area contributed by atoms with Crippen molar-refractivity contribution in [2.24, 2.45) is 0 Å². The predicted molar refractivity (Wildman–Crippen MR) is 83.3 cm³/mol. The standard InChI is InChI=1S/C14H13ClN2O3S/c15-11-4-3-5-12(10-11)16-21(18,19)17-8-9-20-14-7-2-1-6-13(14)17/h1-7,10,16H,8-9H2. The molecule has 1 N–H and O–H groups in total. The Hall–Kier alpha value is -1.92. The summed E-state index contributed by atoms with van der Waals surface area (Å²) in [5.41, 5.74) is 0.949. The van der Waals surface area contributed by atoms with Gasteiger partial charge in [0.1, 0.15) is 12.4 Å². The van der Waals surface area contributed by atoms with Crippen molar-refractivity contribution < 1.29 is 13.2 Å². The molecule has 21 heavy (non-hydrogen) atoms. The van der Waals surface area contributed by atoms with Gasteiger partial charge in [-0.15, -0.1) is 0 Å². The largest absolute Gasteiger partial charge is 0.489 e. The topological polar surface area (TPSA) is 58.6 Å². The fraction of sp³-hybridized carbons (Fsp3) is 0.143. The molecule has 0 amide bonds. The van der Waals surface area contributed by atoms with E-state index in [2.05, 4.69) is 4.72 Å². The van der Waals surface area contributed by atoms with Gasteiger partial charge in [-0.1, -0.05) is 29.8 Å². The van der Waals surface area contributed by atoms with Crippen molar-refractivity contribution in [2.75, 3.05) is 22.2 Å². The molecule has 110 valence electrons. The van der Waals surface area contributed by atoms with E-state index in [1.165, 1.54) is 4.31 Å². The predicted octanol–water partition coefficient (Wildman–Crippen LogP) is 2.90. The molecule has 0 fully saturated rings. The van der Waals surface area contributed by atoms with E-state index in [9.17, 15) is 8.42 Å². The van der Waals surface area contributed by atoms with Crippen LogP contribution in [-0.2, 0) is 10.2 Å². The lowest BCUT2D eigenvalue weighted by Gasteiger charge is -2.30. The quantitative estimate of drug-likeness (QED) is 0.944. The molecule has 1 aliphatic rings. The Morgan fingerprint density at radius 2 is 1.95 bits per heavy atom. The molecule has 0 bridgehead atoms. The van der Waals surface area contributed by atoms with Gasteiger partial charge in [0.05, 0.1) is 17.9 Å². The van der Waals surface area contributed by atoms with Gasteiger partial charge in [-0.25, -0.2) is 4.31 Å². The zero-order chi connectivity index (χ0) is 14.9. The number of benzene rings is 2. The van der Waals surface area contributed by atoms with Crippen molar-refractivity contribution in [3.8, 4) is 5.75 Å². The highest BCUT2D eigenvalue weighted by atomic mass is 35.5. The van der Waals surface area contributed by atoms with E-state index in [-0.39, 0.29) is 6.54 Å². The highest BCUT2D eigenvalue weighted by molar-refractivity contribution is 7.94. The van der Waals surface area contributed by atoms with Crippen LogP contribution in [0.3, 0.4) is 0 Å². The van der Waals surface area contributed by atoms with Gasteiger partial charge >= 0.3 is 10.2 Å². The number of para-hydroxylation sites is 2. The third kappa shape index (κ3) is 2.91. The number of ether oxygens (including phenoxy) is 1.